The highest BCUT2D eigenvalue weighted by molar-refractivity contribution is 6.30. The molecule has 0 fully saturated rings. The smallest absolute Gasteiger partial charge is 0.358 e. The summed E-state index contributed by atoms with van der Waals surface area (Å²) in [5.74, 6) is -1.14. The Morgan fingerprint density at radius 3 is 2.67 bits per heavy atom. The lowest BCUT2D eigenvalue weighted by atomic mass is 10.1. The molecule has 0 radical (unpaired) electrons. The predicted octanol–water partition coefficient (Wildman–Crippen LogP) is 3.73. The van der Waals surface area contributed by atoms with Crippen LogP contribution in [0.4, 0.5) is 11.4 Å². The minimum Gasteiger partial charge on any atom is -0.476 e. The first kappa shape index (κ1) is 13.3. The van der Waals surface area contributed by atoms with Crippen LogP contribution in [0.5, 0.6) is 0 Å². The van der Waals surface area contributed by atoms with E-state index in [9.17, 15) is 9.90 Å². The van der Waals surface area contributed by atoms with Gasteiger partial charge in [-0.2, -0.15) is 0 Å². The monoisotopic (exact) mass is 299 g/mol. The molecule has 1 aromatic heterocycles. The zero-order valence-corrected chi connectivity index (χ0v) is 11.5. The van der Waals surface area contributed by atoms with Crippen molar-refractivity contribution in [2.75, 3.05) is 5.32 Å². The highest BCUT2D eigenvalue weighted by atomic mass is 35.5. The van der Waals surface area contributed by atoms with Gasteiger partial charge in [0.1, 0.15) is 0 Å². The zero-order chi connectivity index (χ0) is 14.8. The summed E-state index contributed by atoms with van der Waals surface area (Å²) in [6, 6.07) is 14.2. The van der Waals surface area contributed by atoms with E-state index >= 15 is 0 Å². The third kappa shape index (κ3) is 2.64. The van der Waals surface area contributed by atoms with Crippen LogP contribution in [-0.2, 0) is 0 Å². The fraction of sp³-hybridized carbons (Fsp3) is 0. The summed E-state index contributed by atoms with van der Waals surface area (Å²) in [5.41, 5.74) is 1.57. The number of aromatic nitrogens is 2. The van der Waals surface area contributed by atoms with Crippen molar-refractivity contribution in [2.45, 2.75) is 0 Å². The lowest BCUT2D eigenvalue weighted by Gasteiger charge is -2.11. The van der Waals surface area contributed by atoms with Crippen LogP contribution in [0, 0.1) is 0 Å². The first-order chi connectivity index (χ1) is 10.1. The summed E-state index contributed by atoms with van der Waals surface area (Å²) in [4.78, 5) is 11.4. The number of rotatable bonds is 3. The number of hydrogen-bond acceptors (Lipinski definition) is 4. The second kappa shape index (κ2) is 5.38. The normalized spacial score (nSPS) is 10.5. The second-order valence-corrected chi connectivity index (χ2v) is 4.82. The van der Waals surface area contributed by atoms with Crippen molar-refractivity contribution in [1.82, 2.24) is 10.2 Å². The number of carboxylic acids is 1. The molecule has 0 saturated heterocycles. The van der Waals surface area contributed by atoms with Gasteiger partial charge in [-0.15, -0.1) is 10.2 Å². The molecule has 0 aliphatic rings. The molecule has 0 aliphatic carbocycles. The SMILES string of the molecule is O=C(O)c1nnc2ccccc2c1Nc1cccc(Cl)c1. The van der Waals surface area contributed by atoms with Crippen LogP contribution in [0.25, 0.3) is 10.9 Å². The number of fused-ring (bicyclic) bond motifs is 1. The molecule has 0 amide bonds. The standard InChI is InChI=1S/C15H10ClN3O2/c16-9-4-3-5-10(8-9)17-13-11-6-1-2-7-12(11)18-19-14(13)15(20)21/h1-8H,(H,17,18)(H,20,21). The minimum atomic E-state index is -1.14. The van der Waals surface area contributed by atoms with Crippen molar-refractivity contribution in [3.05, 3.63) is 59.2 Å². The molecular formula is C15H10ClN3O2. The van der Waals surface area contributed by atoms with E-state index in [1.807, 2.05) is 12.1 Å². The number of aromatic carboxylic acids is 1. The molecule has 1 heterocycles. The third-order valence-corrected chi connectivity index (χ3v) is 3.20. The molecule has 3 rings (SSSR count). The maximum Gasteiger partial charge on any atom is 0.358 e. The predicted molar refractivity (Wildman–Crippen MR) is 81.2 cm³/mol. The van der Waals surface area contributed by atoms with Crippen molar-refractivity contribution in [2.24, 2.45) is 0 Å². The topological polar surface area (TPSA) is 75.1 Å². The van der Waals surface area contributed by atoms with E-state index < -0.39 is 5.97 Å². The van der Waals surface area contributed by atoms with Crippen LogP contribution in [0.15, 0.2) is 48.5 Å². The number of nitrogens with zero attached hydrogens (tertiary/aromatic N) is 2. The Morgan fingerprint density at radius 2 is 1.90 bits per heavy atom. The number of halogens is 1. The van der Waals surface area contributed by atoms with Crippen LogP contribution in [-0.4, -0.2) is 21.3 Å². The van der Waals surface area contributed by atoms with Gasteiger partial charge < -0.3 is 10.4 Å². The van der Waals surface area contributed by atoms with Gasteiger partial charge in [-0.05, 0) is 24.3 Å². The first-order valence-corrected chi connectivity index (χ1v) is 6.54. The lowest BCUT2D eigenvalue weighted by molar-refractivity contribution is 0.0690. The maximum atomic E-state index is 11.4. The molecule has 2 N–H and O–H groups in total. The van der Waals surface area contributed by atoms with Crippen molar-refractivity contribution in [1.29, 1.82) is 0 Å². The quantitative estimate of drug-likeness (QED) is 0.771. The van der Waals surface area contributed by atoms with Gasteiger partial charge in [0.15, 0.2) is 5.69 Å². The average molecular weight is 300 g/mol. The van der Waals surface area contributed by atoms with E-state index in [4.69, 9.17) is 11.6 Å². The molecule has 104 valence electrons. The van der Waals surface area contributed by atoms with Crippen LogP contribution in [0.1, 0.15) is 10.5 Å². The molecule has 21 heavy (non-hydrogen) atoms. The highest BCUT2D eigenvalue weighted by Crippen LogP contribution is 2.28. The van der Waals surface area contributed by atoms with Crippen LogP contribution in [0.2, 0.25) is 5.02 Å². The Kier molecular flexibility index (Phi) is 3.41. The van der Waals surface area contributed by atoms with Crippen molar-refractivity contribution in [3.8, 4) is 0 Å². The summed E-state index contributed by atoms with van der Waals surface area (Å²) in [7, 11) is 0. The molecule has 2 aromatic carbocycles. The van der Waals surface area contributed by atoms with E-state index in [1.165, 1.54) is 0 Å². The Bertz CT molecular complexity index is 836. The maximum absolute atomic E-state index is 11.4. The van der Waals surface area contributed by atoms with Gasteiger partial charge in [-0.25, -0.2) is 4.79 Å². The van der Waals surface area contributed by atoms with Gasteiger partial charge in [0.2, 0.25) is 0 Å². The largest absolute Gasteiger partial charge is 0.476 e. The number of carboxylic acid groups (broad SMARTS) is 1. The third-order valence-electron chi connectivity index (χ3n) is 2.96. The number of carbonyl (C=O) groups is 1. The Balaban J connectivity index is 2.18. The summed E-state index contributed by atoms with van der Waals surface area (Å²) in [6.45, 7) is 0. The molecule has 5 nitrogen and oxygen atoms in total. The van der Waals surface area contributed by atoms with Crippen LogP contribution < -0.4 is 5.32 Å². The second-order valence-electron chi connectivity index (χ2n) is 4.38. The number of hydrogen-bond donors (Lipinski definition) is 2. The van der Waals surface area contributed by atoms with Crippen molar-refractivity contribution in [3.63, 3.8) is 0 Å². The first-order valence-electron chi connectivity index (χ1n) is 6.16. The summed E-state index contributed by atoms with van der Waals surface area (Å²) < 4.78 is 0. The Morgan fingerprint density at radius 1 is 1.10 bits per heavy atom. The average Bonchev–Trinajstić information content (AvgIpc) is 2.47. The molecule has 0 aliphatic heterocycles. The Labute approximate surface area is 125 Å². The lowest BCUT2D eigenvalue weighted by Crippen LogP contribution is -2.08. The molecule has 0 bridgehead atoms. The number of nitrogens with one attached hydrogen (secondary N) is 1. The van der Waals surface area contributed by atoms with Gasteiger partial charge in [0, 0.05) is 16.1 Å². The molecule has 0 spiro atoms. The van der Waals surface area contributed by atoms with Gasteiger partial charge in [0.25, 0.3) is 0 Å². The molecule has 6 heteroatoms. The molecule has 3 aromatic rings. The number of benzene rings is 2. The van der Waals surface area contributed by atoms with Crippen molar-refractivity contribution < 1.29 is 9.90 Å². The number of anilines is 2. The Hall–Kier alpha value is -2.66. The fourth-order valence-corrected chi connectivity index (χ4v) is 2.23. The van der Waals surface area contributed by atoms with Gasteiger partial charge in [-0.1, -0.05) is 35.9 Å². The summed E-state index contributed by atoms with van der Waals surface area (Å²) >= 11 is 5.95. The van der Waals surface area contributed by atoms with E-state index in [1.54, 1.807) is 36.4 Å². The van der Waals surface area contributed by atoms with E-state index in [2.05, 4.69) is 15.5 Å². The minimum absolute atomic E-state index is 0.131. The summed E-state index contributed by atoms with van der Waals surface area (Å²) in [6.07, 6.45) is 0. The van der Waals surface area contributed by atoms with Crippen molar-refractivity contribution >= 4 is 39.8 Å². The van der Waals surface area contributed by atoms with E-state index in [0.29, 0.717) is 27.3 Å². The van der Waals surface area contributed by atoms with Gasteiger partial charge in [0.05, 0.1) is 11.2 Å². The molecule has 0 saturated carbocycles. The molecular weight excluding hydrogens is 290 g/mol. The zero-order valence-electron chi connectivity index (χ0n) is 10.7. The molecule has 0 atom stereocenters. The van der Waals surface area contributed by atoms with Crippen LogP contribution in [0.3, 0.4) is 0 Å². The molecule has 0 unspecified atom stereocenters. The van der Waals surface area contributed by atoms with E-state index in [0.717, 1.165) is 0 Å². The van der Waals surface area contributed by atoms with Crippen LogP contribution >= 0.6 is 11.6 Å². The highest BCUT2D eigenvalue weighted by Gasteiger charge is 2.16. The fourth-order valence-electron chi connectivity index (χ4n) is 2.04. The van der Waals surface area contributed by atoms with Gasteiger partial charge in [-0.3, -0.25) is 0 Å². The summed E-state index contributed by atoms with van der Waals surface area (Å²) in [5, 5.41) is 21.3. The van der Waals surface area contributed by atoms with Gasteiger partial charge >= 0.3 is 5.97 Å². The van der Waals surface area contributed by atoms with E-state index in [-0.39, 0.29) is 5.69 Å².